The first-order chi connectivity index (χ1) is 7.63. The minimum Gasteiger partial charge on any atom is -0.490 e. The first kappa shape index (κ1) is 12.3. The van der Waals surface area contributed by atoms with E-state index in [1.54, 1.807) is 24.3 Å². The maximum absolute atomic E-state index is 10.5. The van der Waals surface area contributed by atoms with Gasteiger partial charge in [-0.25, -0.2) is 4.79 Å². The largest absolute Gasteiger partial charge is 0.490 e. The molecule has 0 unspecified atom stereocenters. The number of aliphatic hydroxyl groups is 1. The van der Waals surface area contributed by atoms with Gasteiger partial charge in [0.1, 0.15) is 12.4 Å². The summed E-state index contributed by atoms with van der Waals surface area (Å²) in [5.74, 6) is -0.300. The second-order valence-electron chi connectivity index (χ2n) is 3.31. The number of aliphatic hydroxyl groups excluding tert-OH is 1. The minimum atomic E-state index is -0.945. The van der Waals surface area contributed by atoms with E-state index >= 15 is 0 Å². The fourth-order valence-corrected chi connectivity index (χ4v) is 1.04. The summed E-state index contributed by atoms with van der Waals surface area (Å²) in [6.07, 6.45) is 1.50. The highest BCUT2D eigenvalue weighted by molar-refractivity contribution is 5.85. The van der Waals surface area contributed by atoms with Crippen LogP contribution in [-0.2, 0) is 11.4 Å². The summed E-state index contributed by atoms with van der Waals surface area (Å²) in [5.41, 5.74) is 1.07. The molecule has 1 rings (SSSR count). The molecule has 0 saturated carbocycles. The standard InChI is InChI=1S/C12H14O4/c1-9(12(14)15)6-7-16-11-4-2-10(8-13)3-5-11/h2-6,13H,7-8H2,1H3,(H,14,15). The Balaban J connectivity index is 2.49. The molecule has 0 fully saturated rings. The quantitative estimate of drug-likeness (QED) is 0.742. The lowest BCUT2D eigenvalue weighted by Gasteiger charge is -2.04. The van der Waals surface area contributed by atoms with E-state index in [4.69, 9.17) is 14.9 Å². The van der Waals surface area contributed by atoms with E-state index in [1.807, 2.05) is 0 Å². The number of benzene rings is 1. The van der Waals surface area contributed by atoms with Crippen LogP contribution in [0.15, 0.2) is 35.9 Å². The maximum atomic E-state index is 10.5. The molecule has 0 bridgehead atoms. The van der Waals surface area contributed by atoms with Crippen LogP contribution in [0.5, 0.6) is 5.75 Å². The highest BCUT2D eigenvalue weighted by Crippen LogP contribution is 2.12. The van der Waals surface area contributed by atoms with Gasteiger partial charge in [-0.15, -0.1) is 0 Å². The van der Waals surface area contributed by atoms with Crippen LogP contribution in [0, 0.1) is 0 Å². The molecule has 0 heterocycles. The zero-order valence-electron chi connectivity index (χ0n) is 9.01. The van der Waals surface area contributed by atoms with Gasteiger partial charge in [0.15, 0.2) is 0 Å². The van der Waals surface area contributed by atoms with Crippen LogP contribution in [0.2, 0.25) is 0 Å². The number of carbonyl (C=O) groups is 1. The highest BCUT2D eigenvalue weighted by atomic mass is 16.5. The zero-order valence-corrected chi connectivity index (χ0v) is 9.01. The van der Waals surface area contributed by atoms with E-state index in [-0.39, 0.29) is 18.8 Å². The highest BCUT2D eigenvalue weighted by Gasteiger charge is 1.98. The van der Waals surface area contributed by atoms with Crippen molar-refractivity contribution in [1.29, 1.82) is 0 Å². The predicted octanol–water partition coefficient (Wildman–Crippen LogP) is 1.59. The summed E-state index contributed by atoms with van der Waals surface area (Å²) in [6.45, 7) is 1.73. The topological polar surface area (TPSA) is 66.8 Å². The van der Waals surface area contributed by atoms with Crippen molar-refractivity contribution >= 4 is 5.97 Å². The molecule has 0 radical (unpaired) electrons. The second kappa shape index (κ2) is 5.92. The normalized spacial score (nSPS) is 11.2. The third-order valence-corrected chi connectivity index (χ3v) is 2.08. The molecule has 0 aliphatic carbocycles. The lowest BCUT2D eigenvalue weighted by molar-refractivity contribution is -0.132. The summed E-state index contributed by atoms with van der Waals surface area (Å²) >= 11 is 0. The minimum absolute atomic E-state index is 0.00168. The third kappa shape index (κ3) is 3.74. The summed E-state index contributed by atoms with van der Waals surface area (Å²) in [5, 5.41) is 17.4. The van der Waals surface area contributed by atoms with Crippen molar-refractivity contribution in [2.24, 2.45) is 0 Å². The maximum Gasteiger partial charge on any atom is 0.331 e. The monoisotopic (exact) mass is 222 g/mol. The average molecular weight is 222 g/mol. The Labute approximate surface area is 93.8 Å². The van der Waals surface area contributed by atoms with Gasteiger partial charge in [-0.1, -0.05) is 12.1 Å². The van der Waals surface area contributed by atoms with Crippen molar-refractivity contribution in [1.82, 2.24) is 0 Å². The Morgan fingerprint density at radius 1 is 1.38 bits per heavy atom. The Morgan fingerprint density at radius 2 is 2.00 bits per heavy atom. The average Bonchev–Trinajstić information content (AvgIpc) is 2.29. The number of aliphatic carboxylic acids is 1. The van der Waals surface area contributed by atoms with Crippen molar-refractivity contribution in [2.45, 2.75) is 13.5 Å². The fourth-order valence-electron chi connectivity index (χ4n) is 1.04. The molecule has 1 aromatic rings. The molecule has 4 heteroatoms. The molecular weight excluding hydrogens is 208 g/mol. The molecule has 0 aliphatic rings. The molecule has 0 saturated heterocycles. The van der Waals surface area contributed by atoms with Gasteiger partial charge >= 0.3 is 5.97 Å². The number of hydrogen-bond acceptors (Lipinski definition) is 3. The van der Waals surface area contributed by atoms with E-state index in [0.29, 0.717) is 5.75 Å². The van der Waals surface area contributed by atoms with Gasteiger partial charge in [-0.2, -0.15) is 0 Å². The van der Waals surface area contributed by atoms with Gasteiger partial charge in [0.05, 0.1) is 6.61 Å². The van der Waals surface area contributed by atoms with Gasteiger partial charge in [0.25, 0.3) is 0 Å². The van der Waals surface area contributed by atoms with Crippen LogP contribution in [0.25, 0.3) is 0 Å². The number of carboxylic acids is 1. The van der Waals surface area contributed by atoms with E-state index in [1.165, 1.54) is 13.0 Å². The smallest absolute Gasteiger partial charge is 0.331 e. The van der Waals surface area contributed by atoms with Crippen molar-refractivity contribution < 1.29 is 19.7 Å². The Morgan fingerprint density at radius 3 is 2.50 bits per heavy atom. The molecule has 86 valence electrons. The summed E-state index contributed by atoms with van der Waals surface area (Å²) < 4.78 is 5.30. The van der Waals surface area contributed by atoms with Gasteiger partial charge in [-0.05, 0) is 30.7 Å². The van der Waals surface area contributed by atoms with Crippen LogP contribution in [0.1, 0.15) is 12.5 Å². The molecular formula is C12H14O4. The molecule has 2 N–H and O–H groups in total. The fraction of sp³-hybridized carbons (Fsp3) is 0.250. The van der Waals surface area contributed by atoms with Crippen LogP contribution >= 0.6 is 0 Å². The predicted molar refractivity (Wildman–Crippen MR) is 59.3 cm³/mol. The lowest BCUT2D eigenvalue weighted by Crippen LogP contribution is -2.00. The lowest BCUT2D eigenvalue weighted by atomic mass is 10.2. The summed E-state index contributed by atoms with van der Waals surface area (Å²) in [4.78, 5) is 10.5. The SMILES string of the molecule is CC(=CCOc1ccc(CO)cc1)C(=O)O. The summed E-state index contributed by atoms with van der Waals surface area (Å²) in [6, 6.07) is 6.97. The number of rotatable bonds is 5. The van der Waals surface area contributed by atoms with E-state index in [0.717, 1.165) is 5.56 Å². The van der Waals surface area contributed by atoms with E-state index in [9.17, 15) is 4.79 Å². The first-order valence-electron chi connectivity index (χ1n) is 4.86. The van der Waals surface area contributed by atoms with Gasteiger partial charge in [0, 0.05) is 5.57 Å². The Bertz CT molecular complexity index is 379. The van der Waals surface area contributed by atoms with Crippen LogP contribution in [0.3, 0.4) is 0 Å². The van der Waals surface area contributed by atoms with E-state index in [2.05, 4.69) is 0 Å². The molecule has 4 nitrogen and oxygen atoms in total. The number of hydrogen-bond donors (Lipinski definition) is 2. The van der Waals surface area contributed by atoms with Gasteiger partial charge < -0.3 is 14.9 Å². The molecule has 1 aromatic carbocycles. The van der Waals surface area contributed by atoms with Crippen LogP contribution in [0.4, 0.5) is 0 Å². The Kier molecular flexibility index (Phi) is 4.54. The molecule has 16 heavy (non-hydrogen) atoms. The van der Waals surface area contributed by atoms with Gasteiger partial charge in [0.2, 0.25) is 0 Å². The first-order valence-corrected chi connectivity index (χ1v) is 4.86. The van der Waals surface area contributed by atoms with E-state index < -0.39 is 5.97 Å². The van der Waals surface area contributed by atoms with Crippen molar-refractivity contribution in [3.8, 4) is 5.75 Å². The second-order valence-corrected chi connectivity index (χ2v) is 3.31. The molecule has 0 aromatic heterocycles. The molecule has 0 amide bonds. The third-order valence-electron chi connectivity index (χ3n) is 2.08. The van der Waals surface area contributed by atoms with Crippen molar-refractivity contribution in [2.75, 3.05) is 6.61 Å². The van der Waals surface area contributed by atoms with Crippen LogP contribution in [-0.4, -0.2) is 22.8 Å². The van der Waals surface area contributed by atoms with Gasteiger partial charge in [-0.3, -0.25) is 0 Å². The van der Waals surface area contributed by atoms with Crippen molar-refractivity contribution in [3.05, 3.63) is 41.5 Å². The Hall–Kier alpha value is -1.81. The van der Waals surface area contributed by atoms with Crippen molar-refractivity contribution in [3.63, 3.8) is 0 Å². The van der Waals surface area contributed by atoms with Crippen LogP contribution < -0.4 is 4.74 Å². The zero-order chi connectivity index (χ0) is 12.0. The summed E-state index contributed by atoms with van der Waals surface area (Å²) in [7, 11) is 0. The molecule has 0 aliphatic heterocycles. The molecule has 0 atom stereocenters. The number of carboxylic acid groups (broad SMARTS) is 1. The molecule has 0 spiro atoms. The number of ether oxygens (including phenoxy) is 1.